The molecule has 1 fully saturated rings. The van der Waals surface area contributed by atoms with E-state index in [9.17, 15) is 9.59 Å². The van der Waals surface area contributed by atoms with Gasteiger partial charge in [0.15, 0.2) is 11.5 Å². The Balaban J connectivity index is 1.50. The zero-order chi connectivity index (χ0) is 23.8. The molecule has 0 radical (unpaired) electrons. The fourth-order valence-corrected chi connectivity index (χ4v) is 5.05. The number of rotatable bonds is 6. The van der Waals surface area contributed by atoms with Gasteiger partial charge in [-0.2, -0.15) is 0 Å². The first-order valence-electron chi connectivity index (χ1n) is 10.9. The number of fused-ring (bicyclic) bond motifs is 2. The number of ether oxygens (including phenoxy) is 2. The molecule has 0 spiro atoms. The van der Waals surface area contributed by atoms with Crippen LogP contribution in [0.15, 0.2) is 46.2 Å². The van der Waals surface area contributed by atoms with Crippen LogP contribution in [0.4, 0.5) is 5.82 Å². The molecule has 10 heteroatoms. The van der Waals surface area contributed by atoms with Gasteiger partial charge < -0.3 is 14.8 Å². The molecule has 174 valence electrons. The number of carbonyl (C=O) groups is 1. The molecule has 1 saturated heterocycles. The number of hydrogen-bond donors (Lipinski definition) is 1. The number of amides is 1. The highest BCUT2D eigenvalue weighted by molar-refractivity contribution is 8.26. The first-order valence-corrected chi connectivity index (χ1v) is 12.1. The second-order valence-electron chi connectivity index (χ2n) is 7.95. The van der Waals surface area contributed by atoms with E-state index in [4.69, 9.17) is 26.7 Å². The number of carbonyl (C=O) groups excluding carboxylic acids is 1. The van der Waals surface area contributed by atoms with Gasteiger partial charge in [-0.15, -0.1) is 0 Å². The molecular formula is C24H22N4O4S2. The lowest BCUT2D eigenvalue weighted by Crippen LogP contribution is -2.27. The molecule has 4 heterocycles. The highest BCUT2D eigenvalue weighted by Crippen LogP contribution is 2.36. The Labute approximate surface area is 205 Å². The number of hydrogen-bond acceptors (Lipinski definition) is 8. The van der Waals surface area contributed by atoms with E-state index in [2.05, 4.69) is 5.32 Å². The average Bonchev–Trinajstić information content (AvgIpc) is 3.40. The summed E-state index contributed by atoms with van der Waals surface area (Å²) in [5.74, 6) is 1.54. The molecule has 5 rings (SSSR count). The van der Waals surface area contributed by atoms with Gasteiger partial charge in [-0.1, -0.05) is 43.0 Å². The van der Waals surface area contributed by atoms with Crippen LogP contribution in [-0.4, -0.2) is 37.8 Å². The Bertz CT molecular complexity index is 1420. The molecule has 1 amide bonds. The second kappa shape index (κ2) is 9.11. The van der Waals surface area contributed by atoms with Gasteiger partial charge in [-0.3, -0.25) is 18.9 Å². The number of thiocarbonyl (C=S) groups is 1. The molecule has 0 atom stereocenters. The van der Waals surface area contributed by atoms with Gasteiger partial charge >= 0.3 is 0 Å². The number of aromatic nitrogens is 2. The van der Waals surface area contributed by atoms with Crippen molar-refractivity contribution in [3.05, 3.63) is 68.5 Å². The van der Waals surface area contributed by atoms with Crippen LogP contribution in [0.1, 0.15) is 30.0 Å². The summed E-state index contributed by atoms with van der Waals surface area (Å²) >= 11 is 6.68. The van der Waals surface area contributed by atoms with E-state index < -0.39 is 0 Å². The number of nitrogens with one attached hydrogen (secondary N) is 1. The average molecular weight is 495 g/mol. The number of nitrogens with zero attached hydrogens (tertiary/aromatic N) is 3. The Hall–Kier alpha value is -3.37. The maximum absolute atomic E-state index is 13.4. The molecule has 2 aromatic heterocycles. The van der Waals surface area contributed by atoms with Crippen LogP contribution in [0.3, 0.4) is 0 Å². The van der Waals surface area contributed by atoms with Crippen molar-refractivity contribution in [1.82, 2.24) is 14.3 Å². The zero-order valence-electron chi connectivity index (χ0n) is 18.7. The monoisotopic (exact) mass is 494 g/mol. The highest BCUT2D eigenvalue weighted by Gasteiger charge is 2.33. The maximum atomic E-state index is 13.4. The maximum Gasteiger partial charge on any atom is 0.267 e. The van der Waals surface area contributed by atoms with E-state index in [1.165, 1.54) is 21.1 Å². The fraction of sp³-hybridized carbons (Fsp3) is 0.250. The third-order valence-corrected chi connectivity index (χ3v) is 6.93. The highest BCUT2D eigenvalue weighted by atomic mass is 32.2. The van der Waals surface area contributed by atoms with Gasteiger partial charge in [0.25, 0.3) is 11.5 Å². The summed E-state index contributed by atoms with van der Waals surface area (Å²) in [6.07, 6.45) is 4.15. The van der Waals surface area contributed by atoms with Crippen LogP contribution in [0.2, 0.25) is 0 Å². The summed E-state index contributed by atoms with van der Waals surface area (Å²) in [5.41, 5.74) is 2.43. The van der Waals surface area contributed by atoms with Gasteiger partial charge in [0.1, 0.15) is 15.8 Å². The molecule has 0 unspecified atom stereocenters. The molecule has 2 aliphatic rings. The van der Waals surface area contributed by atoms with Crippen molar-refractivity contribution >= 4 is 51.7 Å². The lowest BCUT2D eigenvalue weighted by atomic mass is 10.2. The van der Waals surface area contributed by atoms with Crippen LogP contribution in [0.25, 0.3) is 11.7 Å². The van der Waals surface area contributed by atoms with Crippen molar-refractivity contribution in [3.8, 4) is 11.5 Å². The van der Waals surface area contributed by atoms with Crippen molar-refractivity contribution in [2.45, 2.75) is 26.8 Å². The van der Waals surface area contributed by atoms with Gasteiger partial charge in [0.05, 0.1) is 17.0 Å². The normalized spacial score (nSPS) is 16.2. The van der Waals surface area contributed by atoms with E-state index >= 15 is 0 Å². The first kappa shape index (κ1) is 22.4. The van der Waals surface area contributed by atoms with Crippen molar-refractivity contribution in [2.75, 3.05) is 18.7 Å². The number of benzene rings is 1. The van der Waals surface area contributed by atoms with E-state index in [0.29, 0.717) is 50.8 Å². The number of thioether (sulfide) groups is 1. The third-order valence-electron chi connectivity index (χ3n) is 5.55. The molecule has 0 aliphatic carbocycles. The zero-order valence-corrected chi connectivity index (χ0v) is 20.3. The van der Waals surface area contributed by atoms with Gasteiger partial charge in [0, 0.05) is 12.7 Å². The minimum Gasteiger partial charge on any atom is -0.454 e. The SMILES string of the molecule is CCCNc1nc2c(C)cccn2c(=O)c1C=C1SC(=S)N(Cc2ccc3c(c2)OCO3)C1=O. The van der Waals surface area contributed by atoms with Crippen molar-refractivity contribution in [3.63, 3.8) is 0 Å². The molecular weight excluding hydrogens is 472 g/mol. The predicted molar refractivity (Wildman–Crippen MR) is 136 cm³/mol. The van der Waals surface area contributed by atoms with E-state index in [-0.39, 0.29) is 18.3 Å². The van der Waals surface area contributed by atoms with E-state index in [1.807, 2.05) is 38.1 Å². The summed E-state index contributed by atoms with van der Waals surface area (Å²) in [7, 11) is 0. The largest absolute Gasteiger partial charge is 0.454 e. The van der Waals surface area contributed by atoms with Crippen molar-refractivity contribution < 1.29 is 14.3 Å². The first-order chi connectivity index (χ1) is 16.5. The Kier molecular flexibility index (Phi) is 6.01. The van der Waals surface area contributed by atoms with Crippen LogP contribution >= 0.6 is 24.0 Å². The Morgan fingerprint density at radius 3 is 2.88 bits per heavy atom. The van der Waals surface area contributed by atoms with Gasteiger partial charge in [-0.25, -0.2) is 4.98 Å². The lowest BCUT2D eigenvalue weighted by molar-refractivity contribution is -0.122. The molecule has 0 saturated carbocycles. The summed E-state index contributed by atoms with van der Waals surface area (Å²) in [6.45, 7) is 5.08. The minimum absolute atomic E-state index is 0.186. The number of pyridine rings is 1. The summed E-state index contributed by atoms with van der Waals surface area (Å²) in [4.78, 5) is 33.2. The molecule has 3 aromatic rings. The minimum atomic E-state index is -0.247. The standard InChI is InChI=1S/C24H22N4O4S2/c1-3-8-25-20-16(22(29)27-9-4-5-14(2)21(27)26-20)11-19-23(30)28(24(33)34-19)12-15-6-7-17-18(10-15)32-13-31-17/h4-7,9-11,25H,3,8,12-13H2,1-2H3. The van der Waals surface area contributed by atoms with Crippen LogP contribution in [0, 0.1) is 6.92 Å². The summed E-state index contributed by atoms with van der Waals surface area (Å²) in [6, 6.07) is 9.26. The summed E-state index contributed by atoms with van der Waals surface area (Å²) < 4.78 is 12.7. The topological polar surface area (TPSA) is 85.2 Å². The molecule has 8 nitrogen and oxygen atoms in total. The lowest BCUT2D eigenvalue weighted by Gasteiger charge is -2.15. The van der Waals surface area contributed by atoms with Crippen molar-refractivity contribution in [1.29, 1.82) is 0 Å². The number of anilines is 1. The van der Waals surface area contributed by atoms with Gasteiger partial charge in [0.2, 0.25) is 6.79 Å². The number of aryl methyl sites for hydroxylation is 1. The molecule has 2 aliphatic heterocycles. The predicted octanol–water partition coefficient (Wildman–Crippen LogP) is 3.95. The Morgan fingerprint density at radius 1 is 1.24 bits per heavy atom. The van der Waals surface area contributed by atoms with Crippen molar-refractivity contribution in [2.24, 2.45) is 0 Å². The van der Waals surface area contributed by atoms with Crippen LogP contribution < -0.4 is 20.3 Å². The summed E-state index contributed by atoms with van der Waals surface area (Å²) in [5, 5.41) is 3.24. The molecule has 1 aromatic carbocycles. The molecule has 34 heavy (non-hydrogen) atoms. The smallest absolute Gasteiger partial charge is 0.267 e. The van der Waals surface area contributed by atoms with E-state index in [1.54, 1.807) is 18.3 Å². The second-order valence-corrected chi connectivity index (χ2v) is 9.62. The van der Waals surface area contributed by atoms with Gasteiger partial charge in [-0.05, 0) is 48.7 Å². The van der Waals surface area contributed by atoms with E-state index in [0.717, 1.165) is 17.5 Å². The quantitative estimate of drug-likeness (QED) is 0.407. The molecule has 1 N–H and O–H groups in total. The molecule has 0 bridgehead atoms. The third kappa shape index (κ3) is 4.03. The van der Waals surface area contributed by atoms with Crippen LogP contribution in [-0.2, 0) is 11.3 Å². The van der Waals surface area contributed by atoms with Crippen LogP contribution in [0.5, 0.6) is 11.5 Å². The fourth-order valence-electron chi connectivity index (χ4n) is 3.81. The Morgan fingerprint density at radius 2 is 2.06 bits per heavy atom.